The number of halogens is 4. The van der Waals surface area contributed by atoms with Gasteiger partial charge in [-0.25, -0.2) is 9.38 Å². The third-order valence-corrected chi connectivity index (χ3v) is 6.91. The van der Waals surface area contributed by atoms with Crippen molar-refractivity contribution in [3.05, 3.63) is 83.7 Å². The van der Waals surface area contributed by atoms with Gasteiger partial charge >= 0.3 is 12.1 Å². The molecule has 40 heavy (non-hydrogen) atoms. The summed E-state index contributed by atoms with van der Waals surface area (Å²) in [6.07, 6.45) is -5.78. The van der Waals surface area contributed by atoms with Crippen LogP contribution in [0, 0.1) is 5.82 Å². The number of anilines is 2. The van der Waals surface area contributed by atoms with E-state index in [1.807, 2.05) is 29.2 Å². The third-order valence-electron chi connectivity index (χ3n) is 6.91. The predicted octanol–water partition coefficient (Wildman–Crippen LogP) is 6.13. The lowest BCUT2D eigenvalue weighted by Gasteiger charge is -2.44. The molecule has 3 aromatic rings. The molecular weight excluding hydrogens is 528 g/mol. The van der Waals surface area contributed by atoms with E-state index >= 15 is 4.39 Å². The van der Waals surface area contributed by atoms with E-state index in [2.05, 4.69) is 9.89 Å². The van der Waals surface area contributed by atoms with E-state index in [1.165, 1.54) is 29.2 Å². The van der Waals surface area contributed by atoms with Gasteiger partial charge in [0.05, 0.1) is 12.7 Å². The number of esters is 1. The molecule has 11 heteroatoms. The molecule has 0 amide bonds. The number of fused-ring (bicyclic) bond motifs is 1. The van der Waals surface area contributed by atoms with Crippen LogP contribution in [0.15, 0.2) is 71.7 Å². The van der Waals surface area contributed by atoms with Gasteiger partial charge in [-0.15, -0.1) is 0 Å². The highest BCUT2D eigenvalue weighted by Gasteiger charge is 2.39. The highest BCUT2D eigenvalue weighted by molar-refractivity contribution is 6.00. The monoisotopic (exact) mass is 556 g/mol. The smallest absolute Gasteiger partial charge is 0.416 e. The molecule has 1 fully saturated rings. The van der Waals surface area contributed by atoms with Gasteiger partial charge in [0.25, 0.3) is 0 Å². The third kappa shape index (κ3) is 5.41. The first-order valence-corrected chi connectivity index (χ1v) is 12.9. The van der Waals surface area contributed by atoms with Crippen molar-refractivity contribution in [2.45, 2.75) is 25.7 Å². The molecule has 0 aliphatic carbocycles. The highest BCUT2D eigenvalue weighted by atomic mass is 19.4. The van der Waals surface area contributed by atoms with Crippen molar-refractivity contribution in [3.8, 4) is 5.75 Å². The molecule has 2 aliphatic heterocycles. The van der Waals surface area contributed by atoms with E-state index in [0.717, 1.165) is 23.6 Å². The van der Waals surface area contributed by atoms with Gasteiger partial charge < -0.3 is 19.3 Å². The zero-order chi connectivity index (χ0) is 28.4. The second-order valence-corrected chi connectivity index (χ2v) is 9.38. The van der Waals surface area contributed by atoms with Crippen molar-refractivity contribution >= 4 is 29.0 Å². The Morgan fingerprint density at radius 3 is 2.33 bits per heavy atom. The lowest BCUT2D eigenvalue weighted by molar-refractivity contribution is -0.148. The Morgan fingerprint density at radius 2 is 1.62 bits per heavy atom. The molecule has 3 aromatic carbocycles. The Balaban J connectivity index is 1.56. The molecule has 0 saturated carbocycles. The number of hydrogen-bond acceptors (Lipinski definition) is 7. The van der Waals surface area contributed by atoms with E-state index in [9.17, 15) is 18.0 Å². The van der Waals surface area contributed by atoms with Crippen molar-refractivity contribution in [1.82, 2.24) is 4.90 Å². The fourth-order valence-corrected chi connectivity index (χ4v) is 4.85. The van der Waals surface area contributed by atoms with E-state index in [1.54, 1.807) is 20.1 Å². The molecule has 2 heterocycles. The van der Waals surface area contributed by atoms with E-state index < -0.39 is 29.8 Å². The van der Waals surface area contributed by atoms with E-state index in [-0.39, 0.29) is 29.3 Å². The fraction of sp³-hybridized carbons (Fsp3) is 0.310. The summed E-state index contributed by atoms with van der Waals surface area (Å²) >= 11 is 0. The topological polar surface area (TPSA) is 57.6 Å². The number of benzene rings is 3. The SMILES string of the molecule is CCC(=O)OC1c2cccc(F)c2N=C(N2CCN(c3cccc(OC)c3)CC2)N1c1cccc(C(F)(F)F)c1. The van der Waals surface area contributed by atoms with Crippen LogP contribution in [0.25, 0.3) is 0 Å². The highest BCUT2D eigenvalue weighted by Crippen LogP contribution is 2.42. The molecule has 1 atom stereocenters. The minimum Gasteiger partial charge on any atom is -0.497 e. The van der Waals surface area contributed by atoms with Crippen molar-refractivity contribution in [1.29, 1.82) is 0 Å². The summed E-state index contributed by atoms with van der Waals surface area (Å²) in [6, 6.07) is 16.7. The van der Waals surface area contributed by atoms with Gasteiger partial charge in [0.2, 0.25) is 12.2 Å². The number of piperazine rings is 1. The quantitative estimate of drug-likeness (QED) is 0.278. The van der Waals surface area contributed by atoms with Crippen LogP contribution < -0.4 is 14.5 Å². The van der Waals surface area contributed by atoms with Crippen LogP contribution in [0.5, 0.6) is 5.75 Å². The van der Waals surface area contributed by atoms with Crippen LogP contribution in [0.3, 0.4) is 0 Å². The first-order chi connectivity index (χ1) is 19.2. The normalized spacial score (nSPS) is 17.3. The summed E-state index contributed by atoms with van der Waals surface area (Å²) in [6.45, 7) is 3.60. The molecule has 5 rings (SSSR count). The number of methoxy groups -OCH3 is 1. The molecular formula is C29H28F4N4O3. The zero-order valence-corrected chi connectivity index (χ0v) is 22.0. The first kappa shape index (κ1) is 27.3. The van der Waals surface area contributed by atoms with Crippen molar-refractivity contribution in [3.63, 3.8) is 0 Å². The van der Waals surface area contributed by atoms with Gasteiger partial charge in [0, 0.05) is 55.6 Å². The number of ether oxygens (including phenoxy) is 2. The second kappa shape index (κ2) is 11.1. The number of carbonyl (C=O) groups is 1. The molecule has 0 bridgehead atoms. The number of nitrogens with zero attached hydrogens (tertiary/aromatic N) is 4. The summed E-state index contributed by atoms with van der Waals surface area (Å²) in [7, 11) is 1.60. The standard InChI is InChI=1S/C29H28F4N4O3/c1-3-25(38)40-27-23-11-6-12-24(30)26(23)34-28(37(27)21-9-4-7-19(17-21)29(31,32)33)36-15-13-35(14-16-36)20-8-5-10-22(18-20)39-2/h4-12,17-18,27H,3,13-16H2,1-2H3. The zero-order valence-electron chi connectivity index (χ0n) is 22.0. The van der Waals surface area contributed by atoms with Gasteiger partial charge in [-0.1, -0.05) is 31.2 Å². The molecule has 0 spiro atoms. The van der Waals surface area contributed by atoms with Gasteiger partial charge in [-0.05, 0) is 36.4 Å². The van der Waals surface area contributed by atoms with Gasteiger partial charge in [0.15, 0.2) is 0 Å². The van der Waals surface area contributed by atoms with Crippen molar-refractivity contribution < 1.29 is 31.8 Å². The van der Waals surface area contributed by atoms with Crippen LogP contribution in [0.4, 0.5) is 34.6 Å². The maximum Gasteiger partial charge on any atom is 0.416 e. The van der Waals surface area contributed by atoms with Crippen LogP contribution in [-0.4, -0.2) is 50.1 Å². The number of para-hydroxylation sites is 1. The van der Waals surface area contributed by atoms with Gasteiger partial charge in [-0.3, -0.25) is 9.69 Å². The molecule has 2 aliphatic rings. The number of rotatable bonds is 5. The summed E-state index contributed by atoms with van der Waals surface area (Å²) in [5.41, 5.74) is 0.457. The molecule has 1 unspecified atom stereocenters. The molecule has 1 saturated heterocycles. The Labute approximate surface area is 229 Å². The number of hydrogen-bond donors (Lipinski definition) is 0. The lowest BCUT2D eigenvalue weighted by Crippen LogP contribution is -2.55. The van der Waals surface area contributed by atoms with Gasteiger partial charge in [-0.2, -0.15) is 13.2 Å². The maximum absolute atomic E-state index is 15.1. The Morgan fingerprint density at radius 1 is 0.950 bits per heavy atom. The molecule has 0 N–H and O–H groups in total. The van der Waals surface area contributed by atoms with Crippen molar-refractivity contribution in [2.24, 2.45) is 4.99 Å². The van der Waals surface area contributed by atoms with Gasteiger partial charge in [0.1, 0.15) is 17.3 Å². The molecule has 210 valence electrons. The number of carbonyl (C=O) groups excluding carboxylic acids is 1. The second-order valence-electron chi connectivity index (χ2n) is 9.38. The van der Waals surface area contributed by atoms with E-state index in [0.29, 0.717) is 26.2 Å². The van der Waals surface area contributed by atoms with Crippen molar-refractivity contribution in [2.75, 3.05) is 43.1 Å². The largest absolute Gasteiger partial charge is 0.497 e. The van der Waals surface area contributed by atoms with Crippen LogP contribution in [-0.2, 0) is 15.7 Å². The minimum atomic E-state index is -4.59. The lowest BCUT2D eigenvalue weighted by atomic mass is 10.1. The summed E-state index contributed by atoms with van der Waals surface area (Å²) in [4.78, 5) is 22.6. The van der Waals surface area contributed by atoms with Crippen LogP contribution in [0.2, 0.25) is 0 Å². The number of alkyl halides is 3. The Kier molecular flexibility index (Phi) is 7.55. The average molecular weight is 557 g/mol. The average Bonchev–Trinajstić information content (AvgIpc) is 2.97. The Bertz CT molecular complexity index is 1420. The summed E-state index contributed by atoms with van der Waals surface area (Å²) in [5, 5.41) is 0. The maximum atomic E-state index is 15.1. The number of guanidine groups is 1. The summed E-state index contributed by atoms with van der Waals surface area (Å²) < 4.78 is 67.2. The molecule has 0 aromatic heterocycles. The number of aliphatic imine (C=N–C) groups is 1. The molecule has 7 nitrogen and oxygen atoms in total. The summed E-state index contributed by atoms with van der Waals surface area (Å²) in [5.74, 6) is -0.274. The predicted molar refractivity (Wildman–Crippen MR) is 143 cm³/mol. The minimum absolute atomic E-state index is 0.00939. The molecule has 0 radical (unpaired) electrons. The first-order valence-electron chi connectivity index (χ1n) is 12.9. The Hall–Kier alpha value is -4.28. The van der Waals surface area contributed by atoms with Crippen LogP contribution >= 0.6 is 0 Å². The van der Waals surface area contributed by atoms with Crippen LogP contribution in [0.1, 0.15) is 30.7 Å². The van der Waals surface area contributed by atoms with E-state index in [4.69, 9.17) is 9.47 Å². The fourth-order valence-electron chi connectivity index (χ4n) is 4.85.